The van der Waals surface area contributed by atoms with Crippen LogP contribution in [0.15, 0.2) is 47.3 Å². The number of hydrogen-bond acceptors (Lipinski definition) is 5. The van der Waals surface area contributed by atoms with Gasteiger partial charge in [0.2, 0.25) is 6.29 Å². The molecule has 1 aliphatic carbocycles. The summed E-state index contributed by atoms with van der Waals surface area (Å²) >= 11 is 0. The Morgan fingerprint density at radius 2 is 1.97 bits per heavy atom. The first-order chi connectivity index (χ1) is 13.7. The Labute approximate surface area is 174 Å². The SMILES string of the molecule is C=C1CCC=C(C)CC[C@@H]2C(C(CC=C(C)C)OC(C)=O)=CO[C@@H](OC(C)=O)[C@@H]12. The van der Waals surface area contributed by atoms with E-state index in [4.69, 9.17) is 14.2 Å². The maximum atomic E-state index is 11.8. The minimum atomic E-state index is -0.700. The molecule has 0 spiro atoms. The highest BCUT2D eigenvalue weighted by Crippen LogP contribution is 2.43. The summed E-state index contributed by atoms with van der Waals surface area (Å²) in [7, 11) is 0. The predicted octanol–water partition coefficient (Wildman–Crippen LogP) is 5.39. The van der Waals surface area contributed by atoms with Crippen molar-refractivity contribution in [3.8, 4) is 0 Å². The zero-order valence-electron chi connectivity index (χ0n) is 18.3. The molecule has 0 N–H and O–H groups in total. The van der Waals surface area contributed by atoms with E-state index in [1.807, 2.05) is 13.8 Å². The fourth-order valence-electron chi connectivity index (χ4n) is 4.07. The van der Waals surface area contributed by atoms with Gasteiger partial charge in [0.25, 0.3) is 0 Å². The van der Waals surface area contributed by atoms with Gasteiger partial charge < -0.3 is 14.2 Å². The molecule has 0 aromatic carbocycles. The molecule has 0 fully saturated rings. The molecule has 5 nitrogen and oxygen atoms in total. The van der Waals surface area contributed by atoms with Crippen LogP contribution in [0, 0.1) is 11.8 Å². The van der Waals surface area contributed by atoms with Crippen molar-refractivity contribution in [2.75, 3.05) is 0 Å². The van der Waals surface area contributed by atoms with E-state index in [0.29, 0.717) is 6.42 Å². The second-order valence-corrected chi connectivity index (χ2v) is 8.27. The number of carbonyl (C=O) groups is 2. The van der Waals surface area contributed by atoms with Crippen LogP contribution >= 0.6 is 0 Å². The Balaban J connectivity index is 2.45. The topological polar surface area (TPSA) is 61.8 Å². The van der Waals surface area contributed by atoms with Gasteiger partial charge in [-0.25, -0.2) is 0 Å². The summed E-state index contributed by atoms with van der Waals surface area (Å²) in [4.78, 5) is 23.5. The molecule has 2 rings (SSSR count). The van der Waals surface area contributed by atoms with Crippen LogP contribution in [0.25, 0.3) is 0 Å². The summed E-state index contributed by atoms with van der Waals surface area (Å²) < 4.78 is 17.1. The van der Waals surface area contributed by atoms with Crippen molar-refractivity contribution >= 4 is 11.9 Å². The van der Waals surface area contributed by atoms with Crippen LogP contribution < -0.4 is 0 Å². The van der Waals surface area contributed by atoms with Crippen molar-refractivity contribution in [1.29, 1.82) is 0 Å². The molecule has 4 atom stereocenters. The fraction of sp³-hybridized carbons (Fsp3) is 0.583. The second-order valence-electron chi connectivity index (χ2n) is 8.27. The van der Waals surface area contributed by atoms with Crippen LogP contribution in [0.1, 0.15) is 66.7 Å². The molecule has 2 aliphatic rings. The number of carbonyl (C=O) groups excluding carboxylic acids is 2. The smallest absolute Gasteiger partial charge is 0.305 e. The molecular formula is C24H34O5. The lowest BCUT2D eigenvalue weighted by Gasteiger charge is -2.40. The Morgan fingerprint density at radius 1 is 1.24 bits per heavy atom. The van der Waals surface area contributed by atoms with E-state index in [2.05, 4.69) is 25.7 Å². The van der Waals surface area contributed by atoms with Gasteiger partial charge in [0.1, 0.15) is 6.10 Å². The number of hydrogen-bond donors (Lipinski definition) is 0. The number of esters is 2. The van der Waals surface area contributed by atoms with Gasteiger partial charge in [-0.15, -0.1) is 0 Å². The Hall–Kier alpha value is -2.30. The van der Waals surface area contributed by atoms with Gasteiger partial charge in [0, 0.05) is 31.8 Å². The summed E-state index contributed by atoms with van der Waals surface area (Å²) in [6, 6.07) is 0. The molecule has 0 aromatic heterocycles. The van der Waals surface area contributed by atoms with Gasteiger partial charge in [-0.1, -0.05) is 35.5 Å². The third kappa shape index (κ3) is 6.62. The van der Waals surface area contributed by atoms with Gasteiger partial charge in [-0.2, -0.15) is 0 Å². The quantitative estimate of drug-likeness (QED) is 0.456. The molecule has 0 aromatic rings. The largest absolute Gasteiger partial charge is 0.462 e. The molecule has 0 saturated heterocycles. The first kappa shape index (κ1) is 23.0. The van der Waals surface area contributed by atoms with E-state index >= 15 is 0 Å². The molecule has 1 aliphatic heterocycles. The van der Waals surface area contributed by atoms with Crippen LogP contribution in [-0.4, -0.2) is 24.3 Å². The molecule has 5 heteroatoms. The molecule has 1 heterocycles. The first-order valence-corrected chi connectivity index (χ1v) is 10.4. The fourth-order valence-corrected chi connectivity index (χ4v) is 4.07. The second kappa shape index (κ2) is 10.5. The minimum Gasteiger partial charge on any atom is -0.462 e. The molecule has 0 radical (unpaired) electrons. The summed E-state index contributed by atoms with van der Waals surface area (Å²) in [5.41, 5.74) is 4.43. The summed E-state index contributed by atoms with van der Waals surface area (Å²) in [5.74, 6) is -0.844. The summed E-state index contributed by atoms with van der Waals surface area (Å²) in [6.07, 6.45) is 8.92. The third-order valence-electron chi connectivity index (χ3n) is 5.47. The lowest BCUT2D eigenvalue weighted by Crippen LogP contribution is -2.41. The van der Waals surface area contributed by atoms with E-state index in [1.165, 1.54) is 19.4 Å². The van der Waals surface area contributed by atoms with Crippen LogP contribution in [0.2, 0.25) is 0 Å². The lowest BCUT2D eigenvalue weighted by atomic mass is 9.74. The molecule has 160 valence electrons. The predicted molar refractivity (Wildman–Crippen MR) is 113 cm³/mol. The Bertz CT molecular complexity index is 724. The summed E-state index contributed by atoms with van der Waals surface area (Å²) in [5, 5.41) is 0. The van der Waals surface area contributed by atoms with Crippen LogP contribution in [0.3, 0.4) is 0 Å². The maximum absolute atomic E-state index is 11.8. The molecule has 0 amide bonds. The molecular weight excluding hydrogens is 368 g/mol. The normalized spacial score (nSPS) is 25.6. The van der Waals surface area contributed by atoms with Gasteiger partial charge in [0.15, 0.2) is 0 Å². The van der Waals surface area contributed by atoms with Crippen molar-refractivity contribution in [3.05, 3.63) is 47.3 Å². The molecule has 0 bridgehead atoms. The zero-order valence-corrected chi connectivity index (χ0v) is 18.3. The average Bonchev–Trinajstić information content (AvgIpc) is 2.68. The highest BCUT2D eigenvalue weighted by Gasteiger charge is 2.42. The standard InChI is InChI=1S/C24H34O5/c1-15(2)10-13-22(28-18(5)25)21-14-27-24(29-19(6)26)23-17(4)9-7-8-16(3)11-12-20(21)23/h8,10,14,20,22-24H,4,7,9,11-13H2,1-3,5-6H3/t20-,22?,23+,24+/m1/s1. The van der Waals surface area contributed by atoms with Crippen LogP contribution in [-0.2, 0) is 23.8 Å². The van der Waals surface area contributed by atoms with Gasteiger partial charge in [-0.05, 0) is 46.5 Å². The number of allylic oxidation sites excluding steroid dienone is 3. The van der Waals surface area contributed by atoms with E-state index < -0.39 is 12.4 Å². The first-order valence-electron chi connectivity index (χ1n) is 10.4. The van der Waals surface area contributed by atoms with Gasteiger partial charge >= 0.3 is 11.9 Å². The molecule has 29 heavy (non-hydrogen) atoms. The van der Waals surface area contributed by atoms with Gasteiger partial charge in [0.05, 0.1) is 12.2 Å². The maximum Gasteiger partial charge on any atom is 0.305 e. The van der Waals surface area contributed by atoms with Crippen molar-refractivity contribution < 1.29 is 23.8 Å². The zero-order chi connectivity index (χ0) is 21.6. The van der Waals surface area contributed by atoms with Crippen molar-refractivity contribution in [2.45, 2.75) is 79.1 Å². The van der Waals surface area contributed by atoms with Crippen molar-refractivity contribution in [3.63, 3.8) is 0 Å². The molecule has 0 saturated carbocycles. The third-order valence-corrected chi connectivity index (χ3v) is 5.47. The monoisotopic (exact) mass is 402 g/mol. The highest BCUT2D eigenvalue weighted by atomic mass is 16.7. The Morgan fingerprint density at radius 3 is 2.59 bits per heavy atom. The summed E-state index contributed by atoms with van der Waals surface area (Å²) in [6.45, 7) is 13.3. The number of rotatable bonds is 5. The van der Waals surface area contributed by atoms with Crippen LogP contribution in [0.4, 0.5) is 0 Å². The number of fused-ring (bicyclic) bond motifs is 1. The minimum absolute atomic E-state index is 0.0250. The Kier molecular flexibility index (Phi) is 8.30. The van der Waals surface area contributed by atoms with E-state index in [0.717, 1.165) is 42.4 Å². The van der Waals surface area contributed by atoms with Crippen LogP contribution in [0.5, 0.6) is 0 Å². The van der Waals surface area contributed by atoms with Crippen molar-refractivity contribution in [1.82, 2.24) is 0 Å². The van der Waals surface area contributed by atoms with Crippen molar-refractivity contribution in [2.24, 2.45) is 11.8 Å². The van der Waals surface area contributed by atoms with Gasteiger partial charge in [-0.3, -0.25) is 9.59 Å². The van der Waals surface area contributed by atoms with E-state index in [9.17, 15) is 9.59 Å². The average molecular weight is 403 g/mol. The number of ether oxygens (including phenoxy) is 3. The highest BCUT2D eigenvalue weighted by molar-refractivity contribution is 5.67. The van der Waals surface area contributed by atoms with E-state index in [-0.39, 0.29) is 23.8 Å². The van der Waals surface area contributed by atoms with E-state index in [1.54, 1.807) is 6.26 Å². The molecule has 1 unspecified atom stereocenters. The lowest BCUT2D eigenvalue weighted by molar-refractivity contribution is -0.181.